The molecule has 0 saturated carbocycles. The van der Waals surface area contributed by atoms with Gasteiger partial charge in [0.15, 0.2) is 5.65 Å². The number of halogens is 2. The van der Waals surface area contributed by atoms with Crippen molar-refractivity contribution in [1.29, 1.82) is 0 Å². The first-order chi connectivity index (χ1) is 24.1. The summed E-state index contributed by atoms with van der Waals surface area (Å²) in [5.74, 6) is -0.695. The first-order valence-electron chi connectivity index (χ1n) is 16.3. The van der Waals surface area contributed by atoms with Crippen LogP contribution in [0.2, 0.25) is 0 Å². The van der Waals surface area contributed by atoms with Crippen LogP contribution in [-0.2, 0) is 16.1 Å². The van der Waals surface area contributed by atoms with E-state index in [1.165, 1.54) is 39.4 Å². The number of amides is 3. The maximum absolute atomic E-state index is 13.5. The summed E-state index contributed by atoms with van der Waals surface area (Å²) in [6, 6.07) is 6.84. The zero-order valence-electron chi connectivity index (χ0n) is 28.2. The summed E-state index contributed by atoms with van der Waals surface area (Å²) < 4.78 is 34.6. The Morgan fingerprint density at radius 2 is 1.84 bits per heavy atom. The number of nitrogens with zero attached hydrogens (tertiary/aromatic N) is 9. The molecule has 3 amide bonds. The Bertz CT molecular complexity index is 1830. The molecule has 0 spiro atoms. The van der Waals surface area contributed by atoms with Crippen molar-refractivity contribution >= 4 is 40.8 Å². The molecular formula is C33H40F2N10O4S. The summed E-state index contributed by atoms with van der Waals surface area (Å²) >= 11 is 1.41. The fourth-order valence-electron chi connectivity index (χ4n) is 6.34. The molecule has 2 fully saturated rings. The number of rotatable bonds is 11. The molecule has 0 bridgehead atoms. The topological polar surface area (TPSA) is 133 Å². The quantitative estimate of drug-likeness (QED) is 0.232. The molecule has 50 heavy (non-hydrogen) atoms. The highest BCUT2D eigenvalue weighted by molar-refractivity contribution is 7.98. The largest absolute Gasteiger partial charge is 0.434 e. The molecule has 1 N–H and O–H groups in total. The summed E-state index contributed by atoms with van der Waals surface area (Å²) in [6.45, 7) is 1.54. The maximum Gasteiger partial charge on any atom is 0.387 e. The molecule has 3 aromatic heterocycles. The van der Waals surface area contributed by atoms with Crippen LogP contribution < -0.4 is 10.1 Å². The van der Waals surface area contributed by atoms with Crippen LogP contribution in [0.3, 0.4) is 0 Å². The predicted octanol–water partition coefficient (Wildman–Crippen LogP) is 2.87. The van der Waals surface area contributed by atoms with Gasteiger partial charge in [-0.05, 0) is 43.4 Å². The molecule has 1 aromatic carbocycles. The van der Waals surface area contributed by atoms with Crippen molar-refractivity contribution < 1.29 is 27.9 Å². The van der Waals surface area contributed by atoms with E-state index >= 15 is 0 Å². The summed E-state index contributed by atoms with van der Waals surface area (Å²) in [6.07, 6.45) is 9.91. The number of likely N-dealkylation sites (tertiary alicyclic amines) is 1. The van der Waals surface area contributed by atoms with Gasteiger partial charge in [-0.25, -0.2) is 9.50 Å². The van der Waals surface area contributed by atoms with Crippen molar-refractivity contribution in [2.24, 2.45) is 0 Å². The van der Waals surface area contributed by atoms with Gasteiger partial charge in [0.05, 0.1) is 18.4 Å². The van der Waals surface area contributed by atoms with E-state index in [0.29, 0.717) is 31.3 Å². The van der Waals surface area contributed by atoms with E-state index < -0.39 is 12.5 Å². The van der Waals surface area contributed by atoms with Crippen LogP contribution >= 0.6 is 11.8 Å². The number of likely N-dealkylation sites (N-methyl/N-ethyl adjacent to an activating group) is 1. The molecule has 0 aliphatic carbocycles. The van der Waals surface area contributed by atoms with E-state index in [1.54, 1.807) is 54.5 Å². The van der Waals surface area contributed by atoms with Crippen molar-refractivity contribution in [3.8, 4) is 17.0 Å². The van der Waals surface area contributed by atoms with Crippen LogP contribution in [0.15, 0.2) is 53.9 Å². The number of ether oxygens (including phenoxy) is 1. The van der Waals surface area contributed by atoms with Gasteiger partial charge in [0.25, 0.3) is 5.91 Å². The number of carbonyl (C=O) groups is 3. The van der Waals surface area contributed by atoms with Crippen molar-refractivity contribution in [2.75, 3.05) is 71.5 Å². The van der Waals surface area contributed by atoms with E-state index in [0.717, 1.165) is 43.9 Å². The summed E-state index contributed by atoms with van der Waals surface area (Å²) in [5.41, 5.74) is 1.16. The fourth-order valence-corrected chi connectivity index (χ4v) is 6.78. The minimum atomic E-state index is -3.08. The summed E-state index contributed by atoms with van der Waals surface area (Å²) in [5, 5.41) is 11.6. The SMILES string of the molecule is CSc1ccc(OC(F)F)c(-c2nn(CC(=O)N3CCN(C4CCN(CC(=O)N(C)C)CC4)CC3)cc2NC(=O)c2cnn3cccnc23)c1. The fraction of sp³-hybridized carbons (Fsp3) is 0.455. The number of fused-ring (bicyclic) bond motifs is 1. The third-order valence-electron chi connectivity index (χ3n) is 9.09. The first-order valence-corrected chi connectivity index (χ1v) is 17.6. The molecule has 0 unspecified atom stereocenters. The maximum atomic E-state index is 13.5. The Balaban J connectivity index is 1.16. The van der Waals surface area contributed by atoms with Crippen molar-refractivity contribution in [1.82, 2.24) is 44.0 Å². The third kappa shape index (κ3) is 8.05. The van der Waals surface area contributed by atoms with Gasteiger partial charge in [0, 0.05) is 88.5 Å². The second-order valence-electron chi connectivity index (χ2n) is 12.4. The molecule has 2 aliphatic rings. The van der Waals surface area contributed by atoms with Crippen LogP contribution in [0.25, 0.3) is 16.9 Å². The molecule has 2 aliphatic heterocycles. The van der Waals surface area contributed by atoms with Gasteiger partial charge in [-0.1, -0.05) is 0 Å². The molecule has 6 rings (SSSR count). The lowest BCUT2D eigenvalue weighted by Crippen LogP contribution is -2.55. The molecule has 17 heteroatoms. The van der Waals surface area contributed by atoms with Crippen molar-refractivity contribution in [3.63, 3.8) is 0 Å². The van der Waals surface area contributed by atoms with Crippen LogP contribution in [-0.4, -0.2) is 141 Å². The van der Waals surface area contributed by atoms with Crippen molar-refractivity contribution in [3.05, 3.63) is 54.6 Å². The number of hydrogen-bond acceptors (Lipinski definition) is 10. The average molecular weight is 711 g/mol. The van der Waals surface area contributed by atoms with Gasteiger partial charge in [0.2, 0.25) is 11.8 Å². The molecule has 0 radical (unpaired) electrons. The second kappa shape index (κ2) is 15.5. The zero-order valence-corrected chi connectivity index (χ0v) is 29.0. The number of benzene rings is 1. The second-order valence-corrected chi connectivity index (χ2v) is 13.3. The Morgan fingerprint density at radius 3 is 2.54 bits per heavy atom. The van der Waals surface area contributed by atoms with E-state index in [9.17, 15) is 23.2 Å². The van der Waals surface area contributed by atoms with Crippen LogP contribution in [0.1, 0.15) is 23.2 Å². The van der Waals surface area contributed by atoms with Gasteiger partial charge < -0.3 is 19.9 Å². The highest BCUT2D eigenvalue weighted by Gasteiger charge is 2.30. The van der Waals surface area contributed by atoms with Crippen LogP contribution in [0, 0.1) is 0 Å². The number of piperidine rings is 1. The number of carbonyl (C=O) groups excluding carboxylic acids is 3. The molecule has 2 saturated heterocycles. The van der Waals surface area contributed by atoms with Gasteiger partial charge in [-0.3, -0.25) is 28.9 Å². The molecule has 14 nitrogen and oxygen atoms in total. The Labute approximate surface area is 292 Å². The first kappa shape index (κ1) is 35.2. The normalized spacial score (nSPS) is 16.2. The van der Waals surface area contributed by atoms with E-state index in [1.807, 2.05) is 6.26 Å². The lowest BCUT2D eigenvalue weighted by atomic mass is 10.0. The molecule has 266 valence electrons. The van der Waals surface area contributed by atoms with Crippen LogP contribution in [0.4, 0.5) is 14.5 Å². The standard InChI is InChI=1S/C33H40F2N10O4S/c1-40(2)28(46)20-41-11-7-22(8-12-41)42-13-15-43(16-14-42)29(47)21-44-19-26(38-32(48)25-18-37-45-10-4-9-36-31(25)45)30(39-44)24-17-23(50-3)5-6-27(24)49-33(34)35/h4-6,9-10,17-19,22,33H,7-8,11-16,20-21H2,1-3H3,(H,38,48). The highest BCUT2D eigenvalue weighted by Crippen LogP contribution is 2.38. The monoisotopic (exact) mass is 710 g/mol. The molecule has 4 aromatic rings. The minimum Gasteiger partial charge on any atom is -0.434 e. The lowest BCUT2D eigenvalue weighted by molar-refractivity contribution is -0.134. The lowest BCUT2D eigenvalue weighted by Gasteiger charge is -2.42. The van der Waals surface area contributed by atoms with Gasteiger partial charge in [-0.15, -0.1) is 11.8 Å². The molecule has 5 heterocycles. The Kier molecular flexibility index (Phi) is 10.9. The average Bonchev–Trinajstić information content (AvgIpc) is 3.72. The Hall–Kier alpha value is -4.61. The molecule has 0 atom stereocenters. The summed E-state index contributed by atoms with van der Waals surface area (Å²) in [7, 11) is 3.54. The number of hydrogen-bond donors (Lipinski definition) is 1. The Morgan fingerprint density at radius 1 is 1.08 bits per heavy atom. The summed E-state index contributed by atoms with van der Waals surface area (Å²) in [4.78, 5) is 52.2. The van der Waals surface area contributed by atoms with Gasteiger partial charge >= 0.3 is 6.61 Å². The number of piperazine rings is 1. The molecular weight excluding hydrogens is 670 g/mol. The predicted molar refractivity (Wildman–Crippen MR) is 183 cm³/mol. The van der Waals surface area contributed by atoms with Crippen molar-refractivity contribution in [2.45, 2.75) is 36.9 Å². The van der Waals surface area contributed by atoms with E-state index in [2.05, 4.69) is 30.3 Å². The van der Waals surface area contributed by atoms with Crippen LogP contribution in [0.5, 0.6) is 5.75 Å². The zero-order chi connectivity index (χ0) is 35.4. The number of nitrogens with one attached hydrogen (secondary N) is 1. The highest BCUT2D eigenvalue weighted by atomic mass is 32.2. The number of alkyl halides is 2. The van der Waals surface area contributed by atoms with E-state index in [-0.39, 0.29) is 46.6 Å². The minimum absolute atomic E-state index is 0.106. The van der Waals surface area contributed by atoms with Gasteiger partial charge in [-0.2, -0.15) is 19.0 Å². The number of aromatic nitrogens is 5. The third-order valence-corrected chi connectivity index (χ3v) is 9.81. The van der Waals surface area contributed by atoms with Gasteiger partial charge in [0.1, 0.15) is 23.6 Å². The van der Waals surface area contributed by atoms with E-state index in [4.69, 9.17) is 4.74 Å². The number of thioether (sulfide) groups is 1. The number of anilines is 1. The smallest absolute Gasteiger partial charge is 0.387 e.